The smallest absolute Gasteiger partial charge is 0.328 e. The molecule has 1 N–H and O–H groups in total. The Morgan fingerprint density at radius 1 is 1.50 bits per heavy atom. The maximum absolute atomic E-state index is 11.9. The van der Waals surface area contributed by atoms with Gasteiger partial charge in [-0.05, 0) is 53.4 Å². The number of hydrogen-bond donors (Lipinski definition) is 1. The zero-order valence-corrected chi connectivity index (χ0v) is 13.0. The Morgan fingerprint density at radius 3 is 2.83 bits per heavy atom. The molecule has 3 nitrogen and oxygen atoms in total. The molecule has 0 heterocycles. The van der Waals surface area contributed by atoms with Gasteiger partial charge in [-0.3, -0.25) is 0 Å². The number of rotatable bonds is 7. The van der Waals surface area contributed by atoms with Crippen molar-refractivity contribution >= 4 is 39.3 Å². The molecule has 1 rings (SSSR count). The number of para-hydroxylation sites is 1. The van der Waals surface area contributed by atoms with Gasteiger partial charge >= 0.3 is 5.97 Å². The number of ether oxygens (including phenoxy) is 1. The molecule has 100 valence electrons. The second kappa shape index (κ2) is 8.43. The summed E-state index contributed by atoms with van der Waals surface area (Å²) in [4.78, 5) is 11.9. The lowest BCUT2D eigenvalue weighted by Gasteiger charge is -2.18. The number of thioether (sulfide) groups is 1. The van der Waals surface area contributed by atoms with Crippen LogP contribution in [0.3, 0.4) is 0 Å². The van der Waals surface area contributed by atoms with Crippen LogP contribution in [0.2, 0.25) is 0 Å². The van der Waals surface area contributed by atoms with Gasteiger partial charge in [-0.1, -0.05) is 12.1 Å². The van der Waals surface area contributed by atoms with Gasteiger partial charge in [-0.2, -0.15) is 11.8 Å². The van der Waals surface area contributed by atoms with Crippen LogP contribution in [0.5, 0.6) is 0 Å². The first kappa shape index (κ1) is 15.4. The lowest BCUT2D eigenvalue weighted by atomic mass is 10.2. The predicted octanol–water partition coefficient (Wildman–Crippen LogP) is 3.55. The van der Waals surface area contributed by atoms with E-state index >= 15 is 0 Å². The summed E-state index contributed by atoms with van der Waals surface area (Å²) in [5.74, 6) is 0.725. The molecule has 0 aliphatic carbocycles. The van der Waals surface area contributed by atoms with Crippen LogP contribution in [0.25, 0.3) is 0 Å². The van der Waals surface area contributed by atoms with Crippen LogP contribution in [0.1, 0.15) is 13.3 Å². The molecule has 0 fully saturated rings. The molecule has 1 aromatic rings. The standard InChI is InChI=1S/C13H18BrNO2S/c1-3-17-13(16)12(8-9-18-2)15-11-7-5-4-6-10(11)14/h4-7,12,15H,3,8-9H2,1-2H3. The normalized spacial score (nSPS) is 11.9. The lowest BCUT2D eigenvalue weighted by molar-refractivity contribution is -0.144. The number of benzene rings is 1. The van der Waals surface area contributed by atoms with Crippen LogP contribution >= 0.6 is 27.7 Å². The van der Waals surface area contributed by atoms with E-state index in [1.807, 2.05) is 37.4 Å². The SMILES string of the molecule is CCOC(=O)C(CCSC)Nc1ccccc1Br. The minimum absolute atomic E-state index is 0.192. The first-order valence-corrected chi connectivity index (χ1v) is 8.04. The van der Waals surface area contributed by atoms with Gasteiger partial charge in [0.05, 0.1) is 6.61 Å². The molecule has 0 saturated heterocycles. The minimum Gasteiger partial charge on any atom is -0.464 e. The Morgan fingerprint density at radius 2 is 2.22 bits per heavy atom. The van der Waals surface area contributed by atoms with Crippen LogP contribution in [0.4, 0.5) is 5.69 Å². The molecule has 0 aromatic heterocycles. The van der Waals surface area contributed by atoms with Crippen molar-refractivity contribution in [1.82, 2.24) is 0 Å². The lowest BCUT2D eigenvalue weighted by Crippen LogP contribution is -2.32. The Bertz CT molecular complexity index is 387. The van der Waals surface area contributed by atoms with Crippen LogP contribution in [0.15, 0.2) is 28.7 Å². The number of anilines is 1. The summed E-state index contributed by atoms with van der Waals surface area (Å²) < 4.78 is 6.03. The first-order chi connectivity index (χ1) is 8.69. The molecule has 1 unspecified atom stereocenters. The fourth-order valence-electron chi connectivity index (χ4n) is 1.49. The summed E-state index contributed by atoms with van der Waals surface area (Å²) in [7, 11) is 0. The highest BCUT2D eigenvalue weighted by molar-refractivity contribution is 9.10. The Labute approximate surface area is 121 Å². The largest absolute Gasteiger partial charge is 0.464 e. The maximum Gasteiger partial charge on any atom is 0.328 e. The van der Waals surface area contributed by atoms with Gasteiger partial charge in [-0.25, -0.2) is 4.79 Å². The molecular weight excluding hydrogens is 314 g/mol. The molecule has 18 heavy (non-hydrogen) atoms. The topological polar surface area (TPSA) is 38.3 Å². The zero-order chi connectivity index (χ0) is 13.4. The average Bonchev–Trinajstić information content (AvgIpc) is 2.36. The second-order valence-corrected chi connectivity index (χ2v) is 5.55. The molecule has 5 heteroatoms. The molecule has 1 atom stereocenters. The minimum atomic E-state index is -0.295. The molecule has 0 aliphatic heterocycles. The summed E-state index contributed by atoms with van der Waals surface area (Å²) in [6.45, 7) is 2.23. The van der Waals surface area contributed by atoms with Gasteiger partial charge in [0.25, 0.3) is 0 Å². The summed E-state index contributed by atoms with van der Waals surface area (Å²) in [6.07, 6.45) is 2.78. The van der Waals surface area contributed by atoms with Crippen molar-refractivity contribution in [3.63, 3.8) is 0 Å². The fourth-order valence-corrected chi connectivity index (χ4v) is 2.36. The third-order valence-corrected chi connectivity index (χ3v) is 3.72. The van der Waals surface area contributed by atoms with Gasteiger partial charge < -0.3 is 10.1 Å². The molecule has 0 saturated carbocycles. The molecule has 0 bridgehead atoms. The van der Waals surface area contributed by atoms with Crippen molar-refractivity contribution in [2.75, 3.05) is 23.9 Å². The molecule has 0 amide bonds. The number of hydrogen-bond acceptors (Lipinski definition) is 4. The molecular formula is C13H18BrNO2S. The Balaban J connectivity index is 2.71. The van der Waals surface area contributed by atoms with E-state index in [1.165, 1.54) is 0 Å². The summed E-state index contributed by atoms with van der Waals surface area (Å²) in [5, 5.41) is 3.23. The number of nitrogens with one attached hydrogen (secondary N) is 1. The van der Waals surface area contributed by atoms with Crippen molar-refractivity contribution in [2.45, 2.75) is 19.4 Å². The van der Waals surface area contributed by atoms with E-state index in [0.717, 1.165) is 22.3 Å². The fraction of sp³-hybridized carbons (Fsp3) is 0.462. The van der Waals surface area contributed by atoms with Crippen LogP contribution in [-0.4, -0.2) is 30.6 Å². The summed E-state index contributed by atoms with van der Waals surface area (Å²) in [6, 6.07) is 7.46. The van der Waals surface area contributed by atoms with Crippen molar-refractivity contribution < 1.29 is 9.53 Å². The van der Waals surface area contributed by atoms with Crippen LogP contribution in [0, 0.1) is 0 Å². The van der Waals surface area contributed by atoms with Crippen molar-refractivity contribution in [1.29, 1.82) is 0 Å². The zero-order valence-electron chi connectivity index (χ0n) is 10.6. The highest BCUT2D eigenvalue weighted by atomic mass is 79.9. The number of carbonyl (C=O) groups is 1. The summed E-state index contributed by atoms with van der Waals surface area (Å²) in [5.41, 5.74) is 0.914. The highest BCUT2D eigenvalue weighted by Gasteiger charge is 2.19. The molecule has 0 spiro atoms. The van der Waals surface area contributed by atoms with E-state index in [9.17, 15) is 4.79 Å². The van der Waals surface area contributed by atoms with Crippen molar-refractivity contribution in [2.24, 2.45) is 0 Å². The maximum atomic E-state index is 11.9. The van der Waals surface area contributed by atoms with Crippen LogP contribution in [-0.2, 0) is 9.53 Å². The summed E-state index contributed by atoms with van der Waals surface area (Å²) >= 11 is 5.18. The molecule has 0 radical (unpaired) electrons. The Hall–Kier alpha value is -0.680. The number of esters is 1. The third kappa shape index (κ3) is 4.90. The van der Waals surface area contributed by atoms with Gasteiger partial charge in [0.15, 0.2) is 0 Å². The van der Waals surface area contributed by atoms with E-state index in [2.05, 4.69) is 21.2 Å². The van der Waals surface area contributed by atoms with E-state index in [4.69, 9.17) is 4.74 Å². The first-order valence-electron chi connectivity index (χ1n) is 5.85. The highest BCUT2D eigenvalue weighted by Crippen LogP contribution is 2.23. The Kier molecular flexibility index (Phi) is 7.20. The average molecular weight is 332 g/mol. The van der Waals surface area contributed by atoms with Gasteiger partial charge in [0.2, 0.25) is 0 Å². The van der Waals surface area contributed by atoms with Gasteiger partial charge in [0.1, 0.15) is 6.04 Å². The number of halogens is 1. The van der Waals surface area contributed by atoms with Crippen LogP contribution < -0.4 is 5.32 Å². The van der Waals surface area contributed by atoms with Crippen molar-refractivity contribution in [3.05, 3.63) is 28.7 Å². The number of carbonyl (C=O) groups excluding carboxylic acids is 1. The van der Waals surface area contributed by atoms with E-state index in [-0.39, 0.29) is 12.0 Å². The van der Waals surface area contributed by atoms with Gasteiger partial charge in [-0.15, -0.1) is 0 Å². The third-order valence-electron chi connectivity index (χ3n) is 2.39. The predicted molar refractivity (Wildman–Crippen MR) is 81.2 cm³/mol. The molecule has 1 aromatic carbocycles. The second-order valence-electron chi connectivity index (χ2n) is 3.71. The monoisotopic (exact) mass is 331 g/mol. The van der Waals surface area contributed by atoms with Gasteiger partial charge in [0, 0.05) is 10.2 Å². The quantitative estimate of drug-likeness (QED) is 0.775. The molecule has 0 aliphatic rings. The van der Waals surface area contributed by atoms with E-state index < -0.39 is 0 Å². The van der Waals surface area contributed by atoms with Crippen molar-refractivity contribution in [3.8, 4) is 0 Å². The van der Waals surface area contributed by atoms with E-state index in [1.54, 1.807) is 11.8 Å². The van der Waals surface area contributed by atoms with E-state index in [0.29, 0.717) is 6.61 Å².